The Morgan fingerprint density at radius 1 is 1.53 bits per heavy atom. The number of ether oxygens (including phenoxy) is 1. The van der Waals surface area contributed by atoms with E-state index in [0.717, 1.165) is 12.8 Å². The van der Waals surface area contributed by atoms with Gasteiger partial charge in [0.1, 0.15) is 0 Å². The molecule has 2 rings (SSSR count). The summed E-state index contributed by atoms with van der Waals surface area (Å²) in [6, 6.07) is 3.63. The van der Waals surface area contributed by atoms with Gasteiger partial charge < -0.3 is 15.4 Å². The molecular weight excluding hydrogens is 194 g/mol. The summed E-state index contributed by atoms with van der Waals surface area (Å²) in [6.07, 6.45) is 3.72. The minimum absolute atomic E-state index is 0.176. The molecule has 0 spiro atoms. The van der Waals surface area contributed by atoms with E-state index in [0.29, 0.717) is 17.6 Å². The van der Waals surface area contributed by atoms with Gasteiger partial charge in [-0.1, -0.05) is 0 Å². The smallest absolute Gasteiger partial charge is 0.319 e. The maximum absolute atomic E-state index is 11.3. The summed E-state index contributed by atoms with van der Waals surface area (Å²) >= 11 is 0. The van der Waals surface area contributed by atoms with Crippen LogP contribution in [0.2, 0.25) is 0 Å². The summed E-state index contributed by atoms with van der Waals surface area (Å²) in [4.78, 5) is 15.3. The van der Waals surface area contributed by atoms with Crippen molar-refractivity contribution in [1.82, 2.24) is 10.3 Å². The van der Waals surface area contributed by atoms with Gasteiger partial charge in [0.2, 0.25) is 5.88 Å². The summed E-state index contributed by atoms with van der Waals surface area (Å²) in [5.74, 6) is 0.531. The highest BCUT2D eigenvalue weighted by molar-refractivity contribution is 5.89. The van der Waals surface area contributed by atoms with E-state index in [-0.39, 0.29) is 6.03 Å². The summed E-state index contributed by atoms with van der Waals surface area (Å²) in [5, 5.41) is 5.52. The van der Waals surface area contributed by atoms with Gasteiger partial charge in [0.25, 0.3) is 0 Å². The number of nitrogens with zero attached hydrogens (tertiary/aromatic N) is 1. The van der Waals surface area contributed by atoms with E-state index in [1.165, 1.54) is 0 Å². The lowest BCUT2D eigenvalue weighted by atomic mass is 10.4. The first-order valence-electron chi connectivity index (χ1n) is 4.85. The van der Waals surface area contributed by atoms with Crippen molar-refractivity contribution in [3.63, 3.8) is 0 Å². The maximum atomic E-state index is 11.3. The Morgan fingerprint density at radius 2 is 2.33 bits per heavy atom. The monoisotopic (exact) mass is 207 g/mol. The molecule has 1 saturated carbocycles. The molecule has 80 valence electrons. The van der Waals surface area contributed by atoms with Crippen molar-refractivity contribution in [2.75, 3.05) is 12.4 Å². The Labute approximate surface area is 87.8 Å². The maximum Gasteiger partial charge on any atom is 0.319 e. The van der Waals surface area contributed by atoms with Crippen molar-refractivity contribution >= 4 is 11.7 Å². The molecule has 0 atom stereocenters. The Balaban J connectivity index is 1.88. The normalized spacial score (nSPS) is 14.5. The Morgan fingerprint density at radius 3 is 2.87 bits per heavy atom. The third kappa shape index (κ3) is 2.83. The third-order valence-electron chi connectivity index (χ3n) is 2.12. The third-order valence-corrected chi connectivity index (χ3v) is 2.12. The summed E-state index contributed by atoms with van der Waals surface area (Å²) in [6.45, 7) is 0. The second-order valence-corrected chi connectivity index (χ2v) is 3.46. The highest BCUT2D eigenvalue weighted by Crippen LogP contribution is 2.18. The van der Waals surface area contributed by atoms with Crippen LogP contribution < -0.4 is 15.4 Å². The minimum atomic E-state index is -0.176. The number of methoxy groups -OCH3 is 1. The number of carbonyl (C=O) groups excluding carboxylic acids is 1. The van der Waals surface area contributed by atoms with Gasteiger partial charge in [0.05, 0.1) is 19.0 Å². The zero-order chi connectivity index (χ0) is 10.7. The molecule has 5 heteroatoms. The van der Waals surface area contributed by atoms with Crippen LogP contribution in [0.25, 0.3) is 0 Å². The van der Waals surface area contributed by atoms with Crippen molar-refractivity contribution < 1.29 is 9.53 Å². The van der Waals surface area contributed by atoms with Crippen LogP contribution in [0.3, 0.4) is 0 Å². The number of hydrogen-bond donors (Lipinski definition) is 2. The summed E-state index contributed by atoms with van der Waals surface area (Å²) in [5.41, 5.74) is 0.661. The Bertz CT molecular complexity index is 346. The number of anilines is 1. The van der Waals surface area contributed by atoms with Gasteiger partial charge in [-0.3, -0.25) is 0 Å². The molecule has 0 saturated heterocycles. The highest BCUT2D eigenvalue weighted by Gasteiger charge is 2.23. The first-order valence-corrected chi connectivity index (χ1v) is 4.85. The first-order chi connectivity index (χ1) is 7.28. The van der Waals surface area contributed by atoms with Crippen LogP contribution in [0, 0.1) is 0 Å². The fraction of sp³-hybridized carbons (Fsp3) is 0.400. The van der Waals surface area contributed by atoms with Crippen LogP contribution in [0.1, 0.15) is 12.8 Å². The molecule has 2 amide bonds. The van der Waals surface area contributed by atoms with Gasteiger partial charge in [0.15, 0.2) is 0 Å². The second-order valence-electron chi connectivity index (χ2n) is 3.46. The molecule has 1 aromatic heterocycles. The van der Waals surface area contributed by atoms with E-state index in [9.17, 15) is 4.79 Å². The van der Waals surface area contributed by atoms with Crippen molar-refractivity contribution in [2.24, 2.45) is 0 Å². The zero-order valence-corrected chi connectivity index (χ0v) is 8.49. The lowest BCUT2D eigenvalue weighted by Gasteiger charge is -2.06. The van der Waals surface area contributed by atoms with Crippen LogP contribution >= 0.6 is 0 Å². The fourth-order valence-electron chi connectivity index (χ4n) is 1.16. The molecule has 0 bridgehead atoms. The molecule has 15 heavy (non-hydrogen) atoms. The van der Waals surface area contributed by atoms with Crippen molar-refractivity contribution in [3.8, 4) is 5.88 Å². The summed E-state index contributed by atoms with van der Waals surface area (Å²) in [7, 11) is 1.55. The lowest BCUT2D eigenvalue weighted by molar-refractivity contribution is 0.251. The quantitative estimate of drug-likeness (QED) is 0.786. The van der Waals surface area contributed by atoms with Crippen LogP contribution in [0.15, 0.2) is 18.3 Å². The van der Waals surface area contributed by atoms with Gasteiger partial charge in [-0.15, -0.1) is 0 Å². The van der Waals surface area contributed by atoms with Crippen LogP contribution in [-0.4, -0.2) is 24.2 Å². The molecule has 1 aromatic rings. The van der Waals surface area contributed by atoms with E-state index in [1.807, 2.05) is 0 Å². The largest absolute Gasteiger partial charge is 0.481 e. The average molecular weight is 207 g/mol. The van der Waals surface area contributed by atoms with Gasteiger partial charge in [-0.2, -0.15) is 0 Å². The standard InChI is InChI=1S/C10H13N3O2/c1-15-9-5-4-8(6-11-9)13-10(14)12-7-2-3-7/h4-7H,2-3H2,1H3,(H2,12,13,14). The van der Waals surface area contributed by atoms with Crippen LogP contribution in [-0.2, 0) is 0 Å². The zero-order valence-electron chi connectivity index (χ0n) is 8.49. The number of carbonyl (C=O) groups is 1. The Kier molecular flexibility index (Phi) is 2.71. The predicted octanol–water partition coefficient (Wildman–Crippen LogP) is 1.37. The van der Waals surface area contributed by atoms with Gasteiger partial charge in [-0.25, -0.2) is 9.78 Å². The van der Waals surface area contributed by atoms with Crippen LogP contribution in [0.5, 0.6) is 5.88 Å². The molecule has 1 heterocycles. The van der Waals surface area contributed by atoms with Crippen molar-refractivity contribution in [1.29, 1.82) is 0 Å². The number of rotatable bonds is 3. The number of amides is 2. The number of nitrogens with one attached hydrogen (secondary N) is 2. The molecule has 0 aromatic carbocycles. The SMILES string of the molecule is COc1ccc(NC(=O)NC2CC2)cn1. The minimum Gasteiger partial charge on any atom is -0.481 e. The van der Waals surface area contributed by atoms with Crippen LogP contribution in [0.4, 0.5) is 10.5 Å². The molecule has 0 unspecified atom stereocenters. The molecule has 5 nitrogen and oxygen atoms in total. The van der Waals surface area contributed by atoms with E-state index in [4.69, 9.17) is 4.74 Å². The number of pyridine rings is 1. The molecule has 0 aliphatic heterocycles. The van der Waals surface area contributed by atoms with Gasteiger partial charge >= 0.3 is 6.03 Å². The highest BCUT2D eigenvalue weighted by atomic mass is 16.5. The second kappa shape index (κ2) is 4.16. The molecular formula is C10H13N3O2. The van der Waals surface area contributed by atoms with Gasteiger partial charge in [-0.05, 0) is 18.9 Å². The average Bonchev–Trinajstić information content (AvgIpc) is 3.03. The predicted molar refractivity (Wildman–Crippen MR) is 56.0 cm³/mol. The molecule has 2 N–H and O–H groups in total. The summed E-state index contributed by atoms with van der Waals surface area (Å²) < 4.78 is 4.91. The molecule has 0 radical (unpaired) electrons. The fourth-order valence-corrected chi connectivity index (χ4v) is 1.16. The van der Waals surface area contributed by atoms with Crippen molar-refractivity contribution in [2.45, 2.75) is 18.9 Å². The number of aromatic nitrogens is 1. The van der Waals surface area contributed by atoms with E-state index < -0.39 is 0 Å². The molecule has 1 aliphatic carbocycles. The topological polar surface area (TPSA) is 63.2 Å². The first kappa shape index (κ1) is 9.76. The molecule has 1 fully saturated rings. The molecule has 1 aliphatic rings. The number of urea groups is 1. The van der Waals surface area contributed by atoms with E-state index in [2.05, 4.69) is 15.6 Å². The lowest BCUT2D eigenvalue weighted by Crippen LogP contribution is -2.30. The number of hydrogen-bond acceptors (Lipinski definition) is 3. The Hall–Kier alpha value is -1.78. The van der Waals surface area contributed by atoms with Crippen molar-refractivity contribution in [3.05, 3.63) is 18.3 Å². The van der Waals surface area contributed by atoms with Gasteiger partial charge in [0, 0.05) is 12.1 Å². The van der Waals surface area contributed by atoms with E-state index >= 15 is 0 Å². The van der Waals surface area contributed by atoms with E-state index in [1.54, 1.807) is 25.4 Å².